The van der Waals surface area contributed by atoms with Gasteiger partial charge in [-0.2, -0.15) is 0 Å². The molecule has 0 spiro atoms. The molecule has 0 aromatic heterocycles. The van der Waals surface area contributed by atoms with E-state index in [1.54, 1.807) is 0 Å². The predicted molar refractivity (Wildman–Crippen MR) is 79.9 cm³/mol. The lowest BCUT2D eigenvalue weighted by atomic mass is 10.1. The molecule has 0 aliphatic rings. The van der Waals surface area contributed by atoms with Crippen molar-refractivity contribution in [3.05, 3.63) is 23.3 Å². The van der Waals surface area contributed by atoms with Gasteiger partial charge < -0.3 is 0 Å². The SMILES string of the molecule is CC/C=C(\C)CC/C=C(\C)CCC(C)=NCC. The van der Waals surface area contributed by atoms with E-state index in [9.17, 15) is 0 Å². The largest absolute Gasteiger partial charge is 0.295 e. The first-order valence-electron chi connectivity index (χ1n) is 6.91. The molecule has 0 heterocycles. The summed E-state index contributed by atoms with van der Waals surface area (Å²) in [5.74, 6) is 0. The molecule has 17 heavy (non-hydrogen) atoms. The maximum absolute atomic E-state index is 4.41. The van der Waals surface area contributed by atoms with Gasteiger partial charge in [-0.25, -0.2) is 0 Å². The van der Waals surface area contributed by atoms with Crippen LogP contribution in [-0.2, 0) is 0 Å². The molecular weight excluding hydrogens is 206 g/mol. The molecule has 0 unspecified atom stereocenters. The third kappa shape index (κ3) is 10.0. The van der Waals surface area contributed by atoms with Crippen LogP contribution in [0.2, 0.25) is 0 Å². The van der Waals surface area contributed by atoms with Gasteiger partial charge in [0.25, 0.3) is 0 Å². The highest BCUT2D eigenvalue weighted by Crippen LogP contribution is 2.11. The average Bonchev–Trinajstić information content (AvgIpc) is 2.27. The zero-order chi connectivity index (χ0) is 13.1. The number of rotatable bonds is 8. The van der Waals surface area contributed by atoms with Crippen molar-refractivity contribution in [2.45, 2.75) is 66.7 Å². The maximum Gasteiger partial charge on any atom is 0.0360 e. The summed E-state index contributed by atoms with van der Waals surface area (Å²) in [6, 6.07) is 0. The van der Waals surface area contributed by atoms with Crippen molar-refractivity contribution < 1.29 is 0 Å². The van der Waals surface area contributed by atoms with Crippen LogP contribution in [0.5, 0.6) is 0 Å². The molecule has 0 bridgehead atoms. The van der Waals surface area contributed by atoms with Gasteiger partial charge in [-0.1, -0.05) is 30.2 Å². The van der Waals surface area contributed by atoms with Crippen LogP contribution in [0.4, 0.5) is 0 Å². The Hall–Kier alpha value is -0.850. The molecule has 0 saturated carbocycles. The smallest absolute Gasteiger partial charge is 0.0360 e. The van der Waals surface area contributed by atoms with Crippen LogP contribution in [-0.4, -0.2) is 12.3 Å². The van der Waals surface area contributed by atoms with E-state index in [-0.39, 0.29) is 0 Å². The highest BCUT2D eigenvalue weighted by atomic mass is 14.7. The van der Waals surface area contributed by atoms with Crippen LogP contribution in [0, 0.1) is 0 Å². The minimum absolute atomic E-state index is 0.912. The van der Waals surface area contributed by atoms with Crippen LogP contribution >= 0.6 is 0 Å². The van der Waals surface area contributed by atoms with Crippen LogP contribution in [0.1, 0.15) is 66.7 Å². The third-order valence-electron chi connectivity index (χ3n) is 2.89. The van der Waals surface area contributed by atoms with Crippen molar-refractivity contribution in [1.29, 1.82) is 0 Å². The molecule has 0 radical (unpaired) electrons. The molecule has 0 atom stereocenters. The molecule has 0 N–H and O–H groups in total. The monoisotopic (exact) mass is 235 g/mol. The fourth-order valence-electron chi connectivity index (χ4n) is 1.83. The first kappa shape index (κ1) is 16.1. The third-order valence-corrected chi connectivity index (χ3v) is 2.89. The summed E-state index contributed by atoms with van der Waals surface area (Å²) in [7, 11) is 0. The van der Waals surface area contributed by atoms with E-state index in [0.29, 0.717) is 0 Å². The lowest BCUT2D eigenvalue weighted by Gasteiger charge is -2.02. The normalized spacial score (nSPS) is 14.3. The fourth-order valence-corrected chi connectivity index (χ4v) is 1.83. The molecule has 0 saturated heterocycles. The van der Waals surface area contributed by atoms with E-state index in [1.165, 1.54) is 29.7 Å². The van der Waals surface area contributed by atoms with Gasteiger partial charge >= 0.3 is 0 Å². The average molecular weight is 235 g/mol. The van der Waals surface area contributed by atoms with E-state index < -0.39 is 0 Å². The molecule has 1 nitrogen and oxygen atoms in total. The van der Waals surface area contributed by atoms with Gasteiger partial charge in [0.05, 0.1) is 0 Å². The summed E-state index contributed by atoms with van der Waals surface area (Å²) >= 11 is 0. The first-order valence-corrected chi connectivity index (χ1v) is 6.91. The van der Waals surface area contributed by atoms with Gasteiger partial charge in [0.2, 0.25) is 0 Å². The van der Waals surface area contributed by atoms with E-state index in [4.69, 9.17) is 0 Å². The van der Waals surface area contributed by atoms with Crippen LogP contribution in [0.3, 0.4) is 0 Å². The summed E-state index contributed by atoms with van der Waals surface area (Å²) in [5.41, 5.74) is 4.29. The minimum Gasteiger partial charge on any atom is -0.295 e. The Morgan fingerprint density at radius 2 is 1.53 bits per heavy atom. The van der Waals surface area contributed by atoms with Gasteiger partial charge in [-0.15, -0.1) is 0 Å². The second-order valence-electron chi connectivity index (χ2n) is 4.76. The van der Waals surface area contributed by atoms with Gasteiger partial charge in [-0.3, -0.25) is 4.99 Å². The Kier molecular flexibility index (Phi) is 9.80. The topological polar surface area (TPSA) is 12.4 Å². The number of hydrogen-bond donors (Lipinski definition) is 0. The summed E-state index contributed by atoms with van der Waals surface area (Å²) in [5, 5.41) is 0. The van der Waals surface area contributed by atoms with Gasteiger partial charge in [0.15, 0.2) is 0 Å². The second-order valence-corrected chi connectivity index (χ2v) is 4.76. The molecule has 0 aliphatic heterocycles. The highest BCUT2D eigenvalue weighted by Gasteiger charge is 1.94. The molecule has 1 heteroatoms. The van der Waals surface area contributed by atoms with Gasteiger partial charge in [0.1, 0.15) is 0 Å². The Balaban J connectivity index is 3.87. The molecule has 0 rings (SSSR count). The summed E-state index contributed by atoms with van der Waals surface area (Å²) in [6.45, 7) is 11.8. The predicted octanol–water partition coefficient (Wildman–Crippen LogP) is 5.33. The molecule has 98 valence electrons. The Bertz CT molecular complexity index is 282. The zero-order valence-corrected chi connectivity index (χ0v) is 12.3. The van der Waals surface area contributed by atoms with Crippen LogP contribution in [0.15, 0.2) is 28.3 Å². The summed E-state index contributed by atoms with van der Waals surface area (Å²) < 4.78 is 0. The minimum atomic E-state index is 0.912. The van der Waals surface area contributed by atoms with Crippen molar-refractivity contribution in [1.82, 2.24) is 0 Å². The van der Waals surface area contributed by atoms with Crippen molar-refractivity contribution >= 4 is 5.71 Å². The molecular formula is C16H29N. The fraction of sp³-hybridized carbons (Fsp3) is 0.688. The molecule has 0 aromatic carbocycles. The quantitative estimate of drug-likeness (QED) is 0.398. The van der Waals surface area contributed by atoms with E-state index >= 15 is 0 Å². The zero-order valence-electron chi connectivity index (χ0n) is 12.3. The van der Waals surface area contributed by atoms with Crippen molar-refractivity contribution in [2.75, 3.05) is 6.54 Å². The Labute approximate surface area is 108 Å². The number of hydrogen-bond acceptors (Lipinski definition) is 1. The lowest BCUT2D eigenvalue weighted by molar-refractivity contribution is 0.922. The lowest BCUT2D eigenvalue weighted by Crippen LogP contribution is -1.93. The van der Waals surface area contributed by atoms with Gasteiger partial charge in [-0.05, 0) is 59.8 Å². The van der Waals surface area contributed by atoms with Crippen LogP contribution in [0.25, 0.3) is 0 Å². The number of aliphatic imine (C=N–C) groups is 1. The highest BCUT2D eigenvalue weighted by molar-refractivity contribution is 5.82. The maximum atomic E-state index is 4.41. The van der Waals surface area contributed by atoms with Crippen molar-refractivity contribution in [3.63, 3.8) is 0 Å². The van der Waals surface area contributed by atoms with Gasteiger partial charge in [0, 0.05) is 12.3 Å². The summed E-state index contributed by atoms with van der Waals surface area (Å²) in [6.07, 6.45) is 10.5. The number of allylic oxidation sites excluding steroid dienone is 4. The van der Waals surface area contributed by atoms with Crippen molar-refractivity contribution in [2.24, 2.45) is 4.99 Å². The summed E-state index contributed by atoms with van der Waals surface area (Å²) in [4.78, 5) is 4.41. The Morgan fingerprint density at radius 3 is 2.12 bits per heavy atom. The molecule has 0 aromatic rings. The van der Waals surface area contributed by atoms with E-state index in [0.717, 1.165) is 25.8 Å². The Morgan fingerprint density at radius 1 is 0.882 bits per heavy atom. The van der Waals surface area contributed by atoms with E-state index in [2.05, 4.69) is 51.8 Å². The standard InChI is InChI=1S/C16H29N/c1-6-9-14(3)10-8-11-15(4)12-13-16(5)17-7-2/h9,11H,6-8,10,12-13H2,1-5H3/b14-9+,15-11+,17-16?. The molecule has 0 aliphatic carbocycles. The molecule has 0 amide bonds. The van der Waals surface area contributed by atoms with Crippen molar-refractivity contribution in [3.8, 4) is 0 Å². The number of nitrogens with zero attached hydrogens (tertiary/aromatic N) is 1. The van der Waals surface area contributed by atoms with E-state index in [1.807, 2.05) is 0 Å². The first-order chi connectivity index (χ1) is 8.10. The van der Waals surface area contributed by atoms with Crippen LogP contribution < -0.4 is 0 Å². The molecule has 0 fully saturated rings. The second kappa shape index (κ2) is 10.3.